The first kappa shape index (κ1) is 19.4. The summed E-state index contributed by atoms with van der Waals surface area (Å²) in [5.41, 5.74) is 0.582. The van der Waals surface area contributed by atoms with Crippen LogP contribution in [0, 0.1) is 4.77 Å². The van der Waals surface area contributed by atoms with Gasteiger partial charge in [0, 0.05) is 12.0 Å². The molecular formula is C20H17F3N3O2S+. The molecule has 0 radical (unpaired) electrons. The monoisotopic (exact) mass is 420 g/mol. The van der Waals surface area contributed by atoms with E-state index < -0.39 is 29.2 Å². The summed E-state index contributed by atoms with van der Waals surface area (Å²) >= 11 is 5.14. The Kier molecular flexibility index (Phi) is 4.79. The van der Waals surface area contributed by atoms with Crippen LogP contribution in [0.5, 0.6) is 5.88 Å². The topological polar surface area (TPSA) is 74.6 Å². The third-order valence-electron chi connectivity index (χ3n) is 5.07. The lowest BCUT2D eigenvalue weighted by atomic mass is 9.90. The van der Waals surface area contributed by atoms with Crippen molar-refractivity contribution in [3.8, 4) is 11.6 Å². The number of quaternary nitrogens is 1. The number of H-pyrrole nitrogens is 1. The van der Waals surface area contributed by atoms with Crippen molar-refractivity contribution >= 4 is 12.2 Å². The molecule has 0 saturated heterocycles. The first-order chi connectivity index (χ1) is 13.8. The minimum absolute atomic E-state index is 0.0175. The van der Waals surface area contributed by atoms with Gasteiger partial charge in [0.1, 0.15) is 11.6 Å². The Morgan fingerprint density at radius 3 is 2.69 bits per heavy atom. The van der Waals surface area contributed by atoms with E-state index in [1.807, 2.05) is 29.6 Å². The molecule has 29 heavy (non-hydrogen) atoms. The maximum Gasteiger partial charge on any atom is 0.416 e. The molecule has 1 aromatic heterocycles. The molecule has 1 aliphatic rings. The van der Waals surface area contributed by atoms with Crippen LogP contribution < -0.4 is 10.9 Å². The van der Waals surface area contributed by atoms with E-state index in [2.05, 4.69) is 4.98 Å². The molecule has 0 spiro atoms. The largest absolute Gasteiger partial charge is 0.494 e. The molecule has 9 heteroatoms. The summed E-state index contributed by atoms with van der Waals surface area (Å²) in [6.07, 6.45) is -3.73. The van der Waals surface area contributed by atoms with E-state index in [1.165, 1.54) is 12.1 Å². The van der Waals surface area contributed by atoms with Gasteiger partial charge in [-0.2, -0.15) is 13.2 Å². The van der Waals surface area contributed by atoms with Gasteiger partial charge >= 0.3 is 6.18 Å². The number of fused-ring (bicyclic) bond motifs is 1. The average molecular weight is 420 g/mol. The van der Waals surface area contributed by atoms with Crippen LogP contribution in [0.15, 0.2) is 53.3 Å². The summed E-state index contributed by atoms with van der Waals surface area (Å²) in [6.45, 7) is 0.708. The first-order valence-electron chi connectivity index (χ1n) is 8.94. The highest BCUT2D eigenvalue weighted by atomic mass is 32.1. The molecule has 150 valence electrons. The molecule has 5 nitrogen and oxygen atoms in total. The summed E-state index contributed by atoms with van der Waals surface area (Å²) in [6, 6.07) is 11.5. The maximum absolute atomic E-state index is 13.1. The normalized spacial score (nSPS) is 16.4. The van der Waals surface area contributed by atoms with Gasteiger partial charge in [0.2, 0.25) is 5.88 Å². The van der Waals surface area contributed by atoms with Crippen LogP contribution in [-0.2, 0) is 12.6 Å². The number of aromatic nitrogens is 2. The number of aromatic hydroxyl groups is 1. The van der Waals surface area contributed by atoms with Crippen molar-refractivity contribution in [1.82, 2.24) is 9.55 Å². The van der Waals surface area contributed by atoms with Gasteiger partial charge in [-0.05, 0) is 36.0 Å². The number of nitrogens with two attached hydrogens (primary N) is 1. The predicted octanol–water partition coefficient (Wildman–Crippen LogP) is 2.83. The van der Waals surface area contributed by atoms with Crippen molar-refractivity contribution in [2.24, 2.45) is 0 Å². The van der Waals surface area contributed by atoms with Crippen LogP contribution in [0.25, 0.3) is 5.69 Å². The molecule has 3 aromatic rings. The lowest BCUT2D eigenvalue weighted by Crippen LogP contribution is -2.87. The summed E-state index contributed by atoms with van der Waals surface area (Å²) in [4.78, 5) is 15.2. The average Bonchev–Trinajstić information content (AvgIpc) is 2.67. The molecule has 1 atom stereocenters. The van der Waals surface area contributed by atoms with Crippen molar-refractivity contribution in [3.05, 3.63) is 85.9 Å². The number of nitrogens with one attached hydrogen (secondary N) is 1. The molecular weight excluding hydrogens is 403 g/mol. The van der Waals surface area contributed by atoms with Gasteiger partial charge in [-0.3, -0.25) is 14.3 Å². The van der Waals surface area contributed by atoms with Crippen LogP contribution in [0.1, 0.15) is 28.3 Å². The molecule has 4 N–H and O–H groups in total. The highest BCUT2D eigenvalue weighted by molar-refractivity contribution is 7.71. The Labute approximate surface area is 168 Å². The number of alkyl halides is 3. The predicted molar refractivity (Wildman–Crippen MR) is 103 cm³/mol. The molecule has 0 saturated carbocycles. The number of benzene rings is 2. The fraction of sp³-hybridized carbons (Fsp3) is 0.200. The van der Waals surface area contributed by atoms with Crippen LogP contribution >= 0.6 is 12.2 Å². The van der Waals surface area contributed by atoms with E-state index in [-0.39, 0.29) is 16.0 Å². The van der Waals surface area contributed by atoms with Gasteiger partial charge < -0.3 is 10.4 Å². The van der Waals surface area contributed by atoms with E-state index in [4.69, 9.17) is 12.2 Å². The highest BCUT2D eigenvalue weighted by Crippen LogP contribution is 2.33. The van der Waals surface area contributed by atoms with Gasteiger partial charge in [0.15, 0.2) is 4.77 Å². The Hall–Kier alpha value is -2.91. The fourth-order valence-electron chi connectivity index (χ4n) is 3.75. The maximum atomic E-state index is 13.1. The number of hydrogen-bond acceptors (Lipinski definition) is 3. The third-order valence-corrected chi connectivity index (χ3v) is 5.35. The minimum Gasteiger partial charge on any atom is -0.494 e. The Morgan fingerprint density at radius 1 is 1.17 bits per heavy atom. The van der Waals surface area contributed by atoms with Gasteiger partial charge in [-0.15, -0.1) is 0 Å². The molecule has 0 bridgehead atoms. The van der Waals surface area contributed by atoms with Gasteiger partial charge in [0.25, 0.3) is 5.56 Å². The van der Waals surface area contributed by atoms with Gasteiger partial charge in [-0.25, -0.2) is 0 Å². The lowest BCUT2D eigenvalue weighted by molar-refractivity contribution is -0.690. The molecule has 0 unspecified atom stereocenters. The van der Waals surface area contributed by atoms with Crippen LogP contribution in [0.3, 0.4) is 0 Å². The van der Waals surface area contributed by atoms with E-state index in [1.54, 1.807) is 0 Å². The molecule has 0 aliphatic carbocycles. The molecule has 0 amide bonds. The van der Waals surface area contributed by atoms with Crippen LogP contribution in [0.4, 0.5) is 13.2 Å². The van der Waals surface area contributed by atoms with Crippen molar-refractivity contribution in [1.29, 1.82) is 0 Å². The molecule has 2 heterocycles. The summed E-state index contributed by atoms with van der Waals surface area (Å²) < 4.78 is 40.3. The van der Waals surface area contributed by atoms with E-state index in [9.17, 15) is 23.1 Å². The zero-order valence-electron chi connectivity index (χ0n) is 15.0. The Balaban J connectivity index is 1.93. The van der Waals surface area contributed by atoms with Crippen molar-refractivity contribution in [3.63, 3.8) is 0 Å². The zero-order chi connectivity index (χ0) is 20.8. The summed E-state index contributed by atoms with van der Waals surface area (Å²) in [5.74, 6) is -0.462. The highest BCUT2D eigenvalue weighted by Gasteiger charge is 2.33. The van der Waals surface area contributed by atoms with Crippen molar-refractivity contribution < 1.29 is 23.6 Å². The molecule has 2 aromatic carbocycles. The summed E-state index contributed by atoms with van der Waals surface area (Å²) in [5, 5.41) is 12.9. The fourth-order valence-corrected chi connectivity index (χ4v) is 4.04. The minimum atomic E-state index is -4.55. The summed E-state index contributed by atoms with van der Waals surface area (Å²) in [7, 11) is 0. The third kappa shape index (κ3) is 3.47. The number of aromatic amines is 1. The number of nitrogens with zero attached hydrogens (tertiary/aromatic N) is 1. The number of halogens is 3. The quantitative estimate of drug-likeness (QED) is 0.558. The Bertz CT molecular complexity index is 1200. The second-order valence-electron chi connectivity index (χ2n) is 6.83. The zero-order valence-corrected chi connectivity index (χ0v) is 15.8. The number of hydrogen-bond donors (Lipinski definition) is 3. The smallest absolute Gasteiger partial charge is 0.416 e. The standard InChI is InChI=1S/C20H16F3N3O2S/c21-20(22,23)12-5-3-6-13(10-12)26-18(28)15(17(27)25-19(26)29)16-14-7-2-1-4-11(14)8-9-24-16/h1-7,10,16,24,28H,8-9H2,(H,25,27,29)/p+1/t16-/m0/s1. The SMILES string of the molecule is O=c1[nH]c(=S)n(-c2cccc(C(F)(F)F)c2)c(O)c1[C@H]1[NH2+]CCc2ccccc21. The Morgan fingerprint density at radius 2 is 1.93 bits per heavy atom. The van der Waals surface area contributed by atoms with E-state index in [0.29, 0.717) is 6.54 Å². The van der Waals surface area contributed by atoms with E-state index in [0.717, 1.165) is 34.2 Å². The van der Waals surface area contributed by atoms with Crippen molar-refractivity contribution in [2.45, 2.75) is 18.6 Å². The van der Waals surface area contributed by atoms with Crippen LogP contribution in [-0.4, -0.2) is 21.2 Å². The molecule has 1 aliphatic heterocycles. The van der Waals surface area contributed by atoms with E-state index >= 15 is 0 Å². The molecule has 4 rings (SSSR count). The van der Waals surface area contributed by atoms with Gasteiger partial charge in [-0.1, -0.05) is 30.3 Å². The number of rotatable bonds is 2. The van der Waals surface area contributed by atoms with Crippen molar-refractivity contribution in [2.75, 3.05) is 6.54 Å². The second-order valence-corrected chi connectivity index (χ2v) is 7.22. The van der Waals surface area contributed by atoms with Gasteiger partial charge in [0.05, 0.1) is 17.8 Å². The lowest BCUT2D eigenvalue weighted by Gasteiger charge is -2.25. The first-order valence-corrected chi connectivity index (χ1v) is 9.35. The molecule has 0 fully saturated rings. The second kappa shape index (κ2) is 7.16. The van der Waals surface area contributed by atoms with Crippen LogP contribution in [0.2, 0.25) is 0 Å².